The van der Waals surface area contributed by atoms with Crippen LogP contribution in [0.4, 0.5) is 17.6 Å². The molecule has 2 aromatic rings. The van der Waals surface area contributed by atoms with Crippen LogP contribution in [0.25, 0.3) is 0 Å². The molecule has 0 bridgehead atoms. The first-order chi connectivity index (χ1) is 33.6. The number of thiazole rings is 1. The topological polar surface area (TPSA) is 219 Å². The third-order valence-corrected chi connectivity index (χ3v) is 14.0. The van der Waals surface area contributed by atoms with E-state index >= 15 is 0 Å². The van der Waals surface area contributed by atoms with Gasteiger partial charge in [-0.15, -0.1) is 11.3 Å². The summed E-state index contributed by atoms with van der Waals surface area (Å²) in [6, 6.07) is -1.06. The standard InChI is InChI=1S/C48H66ClF4N9O8S/c1-6-12-34-44(68)60(5)20-9-8-15-32(41(65)59-35(21-28(3)4)45(69)61(7-2)37(42(66)58-34)23-29-13-10-14-30(49)22-29)56-40(64)33(16-11-19-54-39(63)36-26-71-27-55-36)57-43(67)38-24-31(50)25-62(38)46(70)47(17-18-47)48(51,52)53/h10,13-14,22,26-28,31-35,37-38H,6-9,11-12,15-21,23-25H2,1-5H3,(H,54,63)(H,56,64)(H,57,67)(H,58,66)(H,59,65)/t31-,32+,33+,34-,35+,37+,38+/m1/s1. The highest BCUT2D eigenvalue weighted by Crippen LogP contribution is 2.59. The third-order valence-electron chi connectivity index (χ3n) is 13.1. The van der Waals surface area contributed by atoms with Crippen molar-refractivity contribution in [2.45, 2.75) is 153 Å². The van der Waals surface area contributed by atoms with E-state index in [-0.39, 0.29) is 75.7 Å². The molecule has 3 fully saturated rings. The summed E-state index contributed by atoms with van der Waals surface area (Å²) >= 11 is 7.53. The number of nitrogens with zero attached hydrogens (tertiary/aromatic N) is 4. The van der Waals surface area contributed by atoms with Gasteiger partial charge in [0, 0.05) is 49.9 Å². The summed E-state index contributed by atoms with van der Waals surface area (Å²) in [5, 5.41) is 15.5. The van der Waals surface area contributed by atoms with E-state index in [9.17, 15) is 55.9 Å². The molecule has 23 heteroatoms. The van der Waals surface area contributed by atoms with E-state index < -0.39 is 121 Å². The van der Waals surface area contributed by atoms with Gasteiger partial charge in [0.1, 0.15) is 53.5 Å². The first kappa shape index (κ1) is 56.5. The number of amides is 8. The van der Waals surface area contributed by atoms with Gasteiger partial charge in [-0.05, 0) is 88.3 Å². The number of hydrogen-bond acceptors (Lipinski definition) is 10. The molecule has 17 nitrogen and oxygen atoms in total. The summed E-state index contributed by atoms with van der Waals surface area (Å²) < 4.78 is 57.1. The highest BCUT2D eigenvalue weighted by molar-refractivity contribution is 7.07. The Morgan fingerprint density at radius 3 is 2.35 bits per heavy atom. The van der Waals surface area contributed by atoms with Crippen LogP contribution in [0.5, 0.6) is 0 Å². The van der Waals surface area contributed by atoms with Gasteiger partial charge in [0.15, 0.2) is 0 Å². The smallest absolute Gasteiger partial charge is 0.351 e. The second-order valence-electron chi connectivity index (χ2n) is 19.1. The van der Waals surface area contributed by atoms with Gasteiger partial charge >= 0.3 is 6.18 Å². The van der Waals surface area contributed by atoms with E-state index in [0.29, 0.717) is 34.7 Å². The Bertz CT molecular complexity index is 2220. The van der Waals surface area contributed by atoms with Crippen molar-refractivity contribution in [3.05, 3.63) is 51.4 Å². The van der Waals surface area contributed by atoms with Gasteiger partial charge in [0.05, 0.1) is 12.1 Å². The number of carbonyl (C=O) groups is 8. The molecule has 0 unspecified atom stereocenters. The zero-order chi connectivity index (χ0) is 52.2. The van der Waals surface area contributed by atoms with Crippen LogP contribution in [0.1, 0.15) is 114 Å². The van der Waals surface area contributed by atoms with Gasteiger partial charge in [-0.25, -0.2) is 9.37 Å². The summed E-state index contributed by atoms with van der Waals surface area (Å²) in [5.41, 5.74) is -0.483. The van der Waals surface area contributed by atoms with Crippen molar-refractivity contribution in [3.8, 4) is 0 Å². The largest absolute Gasteiger partial charge is 0.403 e. The van der Waals surface area contributed by atoms with E-state index in [1.54, 1.807) is 38.2 Å². The molecular formula is C48H66ClF4N9O8S. The van der Waals surface area contributed by atoms with E-state index in [0.717, 1.165) is 0 Å². The van der Waals surface area contributed by atoms with Gasteiger partial charge < -0.3 is 41.3 Å². The van der Waals surface area contributed by atoms with Crippen LogP contribution >= 0.6 is 22.9 Å². The predicted octanol–water partition coefficient (Wildman–Crippen LogP) is 4.48. The number of nitrogens with one attached hydrogen (secondary N) is 5. The molecule has 3 aliphatic rings. The van der Waals surface area contributed by atoms with E-state index in [1.807, 2.05) is 20.8 Å². The van der Waals surface area contributed by atoms with E-state index in [1.165, 1.54) is 32.0 Å². The number of alkyl halides is 4. The van der Waals surface area contributed by atoms with Crippen molar-refractivity contribution in [2.75, 3.05) is 33.2 Å². The average Bonchev–Trinajstić information content (AvgIpc) is 3.78. The molecule has 5 rings (SSSR count). The molecule has 0 radical (unpaired) electrons. The van der Waals surface area contributed by atoms with Gasteiger partial charge in [0.25, 0.3) is 5.91 Å². The van der Waals surface area contributed by atoms with E-state index in [4.69, 9.17) is 11.6 Å². The maximum Gasteiger partial charge on any atom is 0.403 e. The summed E-state index contributed by atoms with van der Waals surface area (Å²) in [7, 11) is 1.58. The fraction of sp³-hybridized carbons (Fsp3) is 0.646. The molecule has 2 saturated heterocycles. The van der Waals surface area contributed by atoms with Crippen molar-refractivity contribution in [1.82, 2.24) is 46.3 Å². The van der Waals surface area contributed by atoms with Crippen molar-refractivity contribution in [3.63, 3.8) is 0 Å². The zero-order valence-electron chi connectivity index (χ0n) is 40.7. The minimum atomic E-state index is -4.93. The molecule has 1 aliphatic carbocycles. The highest BCUT2D eigenvalue weighted by atomic mass is 35.5. The van der Waals surface area contributed by atoms with Crippen molar-refractivity contribution in [2.24, 2.45) is 11.3 Å². The minimum absolute atomic E-state index is 0.0134. The number of hydrogen-bond donors (Lipinski definition) is 5. The van der Waals surface area contributed by atoms with Gasteiger partial charge in [-0.1, -0.05) is 50.9 Å². The molecule has 3 heterocycles. The number of aromatic nitrogens is 1. The number of likely N-dealkylation sites (N-methyl/N-ethyl adjacent to an activating group) is 2. The number of benzene rings is 1. The fourth-order valence-electron chi connectivity index (χ4n) is 9.09. The van der Waals surface area contributed by atoms with Crippen LogP contribution in [0, 0.1) is 11.3 Å². The Kier molecular flexibility index (Phi) is 20.2. The summed E-state index contributed by atoms with van der Waals surface area (Å²) in [5.74, 6) is -6.43. The molecule has 1 saturated carbocycles. The first-order valence-corrected chi connectivity index (χ1v) is 25.6. The van der Waals surface area contributed by atoms with Crippen LogP contribution in [0.15, 0.2) is 35.2 Å². The zero-order valence-corrected chi connectivity index (χ0v) is 42.3. The third kappa shape index (κ3) is 14.9. The molecule has 1 aromatic carbocycles. The molecule has 71 heavy (non-hydrogen) atoms. The quantitative estimate of drug-likeness (QED) is 0.111. The Hall–Kier alpha value is -5.38. The van der Waals surface area contributed by atoms with Crippen LogP contribution in [-0.2, 0) is 40.0 Å². The summed E-state index contributed by atoms with van der Waals surface area (Å²) in [4.78, 5) is 119. The van der Waals surface area contributed by atoms with Gasteiger partial charge in [-0.2, -0.15) is 13.2 Å². The molecule has 7 atom stereocenters. The molecule has 8 amide bonds. The van der Waals surface area contributed by atoms with Crippen LogP contribution in [-0.4, -0.2) is 149 Å². The summed E-state index contributed by atoms with van der Waals surface area (Å²) in [6.45, 7) is 6.67. The Balaban J connectivity index is 1.45. The predicted molar refractivity (Wildman–Crippen MR) is 256 cm³/mol. The lowest BCUT2D eigenvalue weighted by molar-refractivity contribution is -0.199. The first-order valence-electron chi connectivity index (χ1n) is 24.3. The van der Waals surface area contributed by atoms with E-state index in [2.05, 4.69) is 31.6 Å². The average molecular weight is 1040 g/mol. The SMILES string of the molecule is CCC[C@H]1NC(=O)[C@H](Cc2cccc(Cl)c2)N(CC)C(=O)[C@H](CC(C)C)NC(=O)[C@@H](NC(=O)[C@H](CCCNC(=O)c2cscn2)NC(=O)[C@@H]2C[C@@H](F)CN2C(=O)C2(C(F)(F)F)CC2)CCCCN(C)C1=O. The Morgan fingerprint density at radius 2 is 1.73 bits per heavy atom. The van der Waals surface area contributed by atoms with Crippen molar-refractivity contribution in [1.29, 1.82) is 0 Å². The van der Waals surface area contributed by atoms with Gasteiger partial charge in [0.2, 0.25) is 41.4 Å². The minimum Gasteiger partial charge on any atom is -0.351 e. The maximum absolute atomic E-state index is 15.0. The molecule has 2 aliphatic heterocycles. The molecular weight excluding hydrogens is 974 g/mol. The second kappa shape index (κ2) is 25.3. The Morgan fingerprint density at radius 1 is 1.01 bits per heavy atom. The highest BCUT2D eigenvalue weighted by Gasteiger charge is 2.70. The van der Waals surface area contributed by atoms with Crippen LogP contribution in [0.2, 0.25) is 5.02 Å². The molecule has 0 spiro atoms. The summed E-state index contributed by atoms with van der Waals surface area (Å²) in [6.07, 6.45) is -7.00. The van der Waals surface area contributed by atoms with Crippen LogP contribution in [0.3, 0.4) is 0 Å². The molecule has 1 aromatic heterocycles. The maximum atomic E-state index is 15.0. The van der Waals surface area contributed by atoms with Crippen LogP contribution < -0.4 is 26.6 Å². The Labute approximate surface area is 420 Å². The monoisotopic (exact) mass is 1040 g/mol. The number of carbonyl (C=O) groups excluding carboxylic acids is 8. The number of halogens is 5. The van der Waals surface area contributed by atoms with Crippen molar-refractivity contribution >= 4 is 70.2 Å². The van der Waals surface area contributed by atoms with Crippen molar-refractivity contribution < 1.29 is 55.9 Å². The fourth-order valence-corrected chi connectivity index (χ4v) is 9.84. The number of likely N-dealkylation sites (tertiary alicyclic amines) is 1. The lowest BCUT2D eigenvalue weighted by Gasteiger charge is -2.35. The number of rotatable bonds is 17. The lowest BCUT2D eigenvalue weighted by atomic mass is 9.98. The molecule has 5 N–H and O–H groups in total. The second-order valence-corrected chi connectivity index (χ2v) is 20.2. The molecule has 392 valence electrons. The lowest BCUT2D eigenvalue weighted by Crippen LogP contribution is -2.61. The van der Waals surface area contributed by atoms with Gasteiger partial charge in [-0.3, -0.25) is 38.4 Å². The normalized spacial score (nSPS) is 24.0.